The van der Waals surface area contributed by atoms with Gasteiger partial charge < -0.3 is 15.0 Å². The molecule has 21 heavy (non-hydrogen) atoms. The van der Waals surface area contributed by atoms with Crippen molar-refractivity contribution in [1.29, 1.82) is 0 Å². The van der Waals surface area contributed by atoms with E-state index in [1.807, 2.05) is 27.7 Å². The van der Waals surface area contributed by atoms with E-state index < -0.39 is 5.60 Å². The summed E-state index contributed by atoms with van der Waals surface area (Å²) < 4.78 is 5.24. The summed E-state index contributed by atoms with van der Waals surface area (Å²) in [4.78, 5) is 22.5. The van der Waals surface area contributed by atoms with Crippen molar-refractivity contribution < 1.29 is 9.53 Å². The lowest BCUT2D eigenvalue weighted by Gasteiger charge is -2.21. The molecule has 116 valence electrons. The summed E-state index contributed by atoms with van der Waals surface area (Å²) in [6.07, 6.45) is 4.10. The van der Waals surface area contributed by atoms with Crippen LogP contribution in [0.4, 0.5) is 10.6 Å². The first-order valence-corrected chi connectivity index (χ1v) is 7.34. The molecule has 0 saturated carbocycles. The Morgan fingerprint density at radius 3 is 2.81 bits per heavy atom. The summed E-state index contributed by atoms with van der Waals surface area (Å²) in [5.41, 5.74) is 0.487. The van der Waals surface area contributed by atoms with Crippen molar-refractivity contribution in [2.24, 2.45) is 5.92 Å². The van der Waals surface area contributed by atoms with Crippen LogP contribution in [0.5, 0.6) is 0 Å². The lowest BCUT2D eigenvalue weighted by atomic mass is 10.1. The average Bonchev–Trinajstić information content (AvgIpc) is 2.83. The highest BCUT2D eigenvalue weighted by atomic mass is 16.6. The standard InChI is InChI=1S/C15H24N4O2/c1-11-13(17-7-6-16-11)19-8-5-12(10-19)9-18-14(20)21-15(2,3)4/h6-7,12H,5,8-10H2,1-4H3,(H,18,20). The molecule has 2 rings (SSSR count). The first-order valence-electron chi connectivity index (χ1n) is 7.34. The SMILES string of the molecule is Cc1nccnc1N1CCC(CNC(=O)OC(C)(C)C)C1. The number of ether oxygens (including phenoxy) is 1. The molecular formula is C15H24N4O2. The second kappa shape index (κ2) is 6.28. The lowest BCUT2D eigenvalue weighted by Crippen LogP contribution is -2.36. The van der Waals surface area contributed by atoms with Gasteiger partial charge in [0, 0.05) is 32.0 Å². The van der Waals surface area contributed by atoms with E-state index in [0.29, 0.717) is 12.5 Å². The van der Waals surface area contributed by atoms with Crippen LogP contribution in [-0.2, 0) is 4.74 Å². The summed E-state index contributed by atoms with van der Waals surface area (Å²) in [5, 5.41) is 2.84. The molecule has 1 fully saturated rings. The summed E-state index contributed by atoms with van der Waals surface area (Å²) in [6.45, 7) is 10.0. The topological polar surface area (TPSA) is 67.4 Å². The number of carbonyl (C=O) groups excluding carboxylic acids is 1. The quantitative estimate of drug-likeness (QED) is 0.924. The van der Waals surface area contributed by atoms with Crippen LogP contribution in [-0.4, -0.2) is 41.3 Å². The van der Waals surface area contributed by atoms with E-state index in [-0.39, 0.29) is 6.09 Å². The van der Waals surface area contributed by atoms with Gasteiger partial charge in [-0.1, -0.05) is 0 Å². The Bertz CT molecular complexity index is 499. The molecule has 0 aliphatic carbocycles. The molecule has 1 aliphatic heterocycles. The first-order chi connectivity index (χ1) is 9.85. The monoisotopic (exact) mass is 292 g/mol. The van der Waals surface area contributed by atoms with Crippen molar-refractivity contribution >= 4 is 11.9 Å². The van der Waals surface area contributed by atoms with Crippen molar-refractivity contribution in [2.45, 2.75) is 39.7 Å². The maximum Gasteiger partial charge on any atom is 0.407 e. The van der Waals surface area contributed by atoms with Crippen LogP contribution in [0.25, 0.3) is 0 Å². The van der Waals surface area contributed by atoms with Crippen LogP contribution in [0.3, 0.4) is 0 Å². The van der Waals surface area contributed by atoms with Gasteiger partial charge in [-0.25, -0.2) is 9.78 Å². The number of hydrogen-bond acceptors (Lipinski definition) is 5. The first kappa shape index (κ1) is 15.5. The van der Waals surface area contributed by atoms with Gasteiger partial charge >= 0.3 is 6.09 Å². The largest absolute Gasteiger partial charge is 0.444 e. The van der Waals surface area contributed by atoms with E-state index in [1.165, 1.54) is 0 Å². The molecule has 1 aliphatic rings. The van der Waals surface area contributed by atoms with Crippen molar-refractivity contribution in [2.75, 3.05) is 24.5 Å². The maximum atomic E-state index is 11.7. The number of amides is 1. The molecule has 1 amide bonds. The van der Waals surface area contributed by atoms with Crippen molar-refractivity contribution in [1.82, 2.24) is 15.3 Å². The molecule has 1 atom stereocenters. The molecule has 1 saturated heterocycles. The molecule has 6 nitrogen and oxygen atoms in total. The minimum Gasteiger partial charge on any atom is -0.444 e. The van der Waals surface area contributed by atoms with Crippen molar-refractivity contribution in [3.63, 3.8) is 0 Å². The second-order valence-corrected chi connectivity index (χ2v) is 6.45. The summed E-state index contributed by atoms with van der Waals surface area (Å²) in [7, 11) is 0. The lowest BCUT2D eigenvalue weighted by molar-refractivity contribution is 0.0520. The molecule has 6 heteroatoms. The Labute approximate surface area is 125 Å². The zero-order chi connectivity index (χ0) is 15.5. The molecule has 1 aromatic rings. The van der Waals surface area contributed by atoms with Gasteiger partial charge in [-0.15, -0.1) is 0 Å². The minimum absolute atomic E-state index is 0.350. The highest BCUT2D eigenvalue weighted by Gasteiger charge is 2.25. The Kier molecular flexibility index (Phi) is 4.65. The fraction of sp³-hybridized carbons (Fsp3) is 0.667. The van der Waals surface area contributed by atoms with Gasteiger partial charge in [-0.2, -0.15) is 0 Å². The van der Waals surface area contributed by atoms with Gasteiger partial charge in [-0.05, 0) is 40.0 Å². The Hall–Kier alpha value is -1.85. The number of anilines is 1. The van der Waals surface area contributed by atoms with Crippen molar-refractivity contribution in [3.8, 4) is 0 Å². The predicted octanol–water partition coefficient (Wildman–Crippen LogP) is 2.14. The van der Waals surface area contributed by atoms with E-state index in [1.54, 1.807) is 12.4 Å². The van der Waals surface area contributed by atoms with Gasteiger partial charge in [-0.3, -0.25) is 4.98 Å². The van der Waals surface area contributed by atoms with Gasteiger partial charge in [0.2, 0.25) is 0 Å². The smallest absolute Gasteiger partial charge is 0.407 e. The molecule has 1 aromatic heterocycles. The Balaban J connectivity index is 1.81. The molecule has 1 N–H and O–H groups in total. The van der Waals surface area contributed by atoms with Gasteiger partial charge in [0.1, 0.15) is 11.4 Å². The fourth-order valence-electron chi connectivity index (χ4n) is 2.44. The van der Waals surface area contributed by atoms with Crippen LogP contribution >= 0.6 is 0 Å². The number of nitrogens with zero attached hydrogens (tertiary/aromatic N) is 3. The molecule has 0 bridgehead atoms. The van der Waals surface area contributed by atoms with Crippen LogP contribution < -0.4 is 10.2 Å². The Morgan fingerprint density at radius 2 is 2.14 bits per heavy atom. The summed E-state index contributed by atoms with van der Waals surface area (Å²) in [5.74, 6) is 1.36. The van der Waals surface area contributed by atoms with Crippen LogP contribution in [0, 0.1) is 12.8 Å². The molecule has 0 spiro atoms. The minimum atomic E-state index is -0.456. The molecular weight excluding hydrogens is 268 g/mol. The van der Waals surface area contributed by atoms with E-state index in [0.717, 1.165) is 31.0 Å². The zero-order valence-corrected chi connectivity index (χ0v) is 13.2. The number of rotatable bonds is 3. The van der Waals surface area contributed by atoms with E-state index in [4.69, 9.17) is 4.74 Å². The number of carbonyl (C=O) groups is 1. The van der Waals surface area contributed by atoms with E-state index in [9.17, 15) is 4.79 Å². The second-order valence-electron chi connectivity index (χ2n) is 6.45. The number of alkyl carbamates (subject to hydrolysis) is 1. The Morgan fingerprint density at radius 1 is 1.43 bits per heavy atom. The van der Waals surface area contributed by atoms with Crippen molar-refractivity contribution in [3.05, 3.63) is 18.1 Å². The van der Waals surface area contributed by atoms with Gasteiger partial charge in [0.15, 0.2) is 0 Å². The number of aromatic nitrogens is 2. The molecule has 0 aromatic carbocycles. The molecule has 0 radical (unpaired) electrons. The number of aryl methyl sites for hydroxylation is 1. The molecule has 2 heterocycles. The third-order valence-electron chi connectivity index (χ3n) is 3.37. The third-order valence-corrected chi connectivity index (χ3v) is 3.37. The normalized spacial score (nSPS) is 18.7. The average molecular weight is 292 g/mol. The van der Waals surface area contributed by atoms with Crippen LogP contribution in [0.2, 0.25) is 0 Å². The fourth-order valence-corrected chi connectivity index (χ4v) is 2.44. The predicted molar refractivity (Wildman–Crippen MR) is 81.3 cm³/mol. The summed E-state index contributed by atoms with van der Waals surface area (Å²) in [6, 6.07) is 0. The zero-order valence-electron chi connectivity index (χ0n) is 13.2. The maximum absolute atomic E-state index is 11.7. The number of nitrogens with one attached hydrogen (secondary N) is 1. The van der Waals surface area contributed by atoms with E-state index in [2.05, 4.69) is 20.2 Å². The number of hydrogen-bond donors (Lipinski definition) is 1. The van der Waals surface area contributed by atoms with Gasteiger partial charge in [0.25, 0.3) is 0 Å². The van der Waals surface area contributed by atoms with Crippen LogP contribution in [0.15, 0.2) is 12.4 Å². The van der Waals surface area contributed by atoms with Gasteiger partial charge in [0.05, 0.1) is 5.69 Å². The highest BCUT2D eigenvalue weighted by Crippen LogP contribution is 2.23. The highest BCUT2D eigenvalue weighted by molar-refractivity contribution is 5.67. The van der Waals surface area contributed by atoms with E-state index >= 15 is 0 Å². The third kappa shape index (κ3) is 4.58. The molecule has 1 unspecified atom stereocenters. The van der Waals surface area contributed by atoms with Crippen LogP contribution in [0.1, 0.15) is 32.9 Å². The summed E-state index contributed by atoms with van der Waals surface area (Å²) >= 11 is 0.